The zero-order valence-corrected chi connectivity index (χ0v) is 12.4. The van der Waals surface area contributed by atoms with Crippen molar-refractivity contribution >= 4 is 0 Å². The predicted molar refractivity (Wildman–Crippen MR) is 76.9 cm³/mol. The van der Waals surface area contributed by atoms with Crippen LogP contribution in [-0.2, 0) is 0 Å². The first-order chi connectivity index (χ1) is 8.71. The zero-order chi connectivity index (χ0) is 13.4. The van der Waals surface area contributed by atoms with E-state index in [1.807, 2.05) is 0 Å². The second-order valence-electron chi connectivity index (χ2n) is 5.51. The second-order valence-corrected chi connectivity index (χ2v) is 5.51. The van der Waals surface area contributed by atoms with Gasteiger partial charge in [-0.1, -0.05) is 13.8 Å². The highest BCUT2D eigenvalue weighted by molar-refractivity contribution is 4.81. The maximum Gasteiger partial charge on any atom is 0.0597 e. The fourth-order valence-electron chi connectivity index (χ4n) is 2.74. The van der Waals surface area contributed by atoms with Gasteiger partial charge in [0.25, 0.3) is 0 Å². The van der Waals surface area contributed by atoms with E-state index in [4.69, 9.17) is 0 Å². The predicted octanol–water partition coefficient (Wildman–Crippen LogP) is 0.763. The summed E-state index contributed by atoms with van der Waals surface area (Å²) in [5, 5.41) is 12.9. The van der Waals surface area contributed by atoms with E-state index in [0.29, 0.717) is 6.04 Å². The van der Waals surface area contributed by atoms with E-state index in [1.165, 1.54) is 19.4 Å². The van der Waals surface area contributed by atoms with Crippen molar-refractivity contribution in [2.75, 3.05) is 46.4 Å². The van der Waals surface area contributed by atoms with Gasteiger partial charge < -0.3 is 15.3 Å². The van der Waals surface area contributed by atoms with Crippen LogP contribution >= 0.6 is 0 Å². The first-order valence-electron chi connectivity index (χ1n) is 7.48. The molecule has 2 atom stereocenters. The normalized spacial score (nSPS) is 25.0. The molecule has 0 saturated carbocycles. The minimum Gasteiger partial charge on any atom is -0.395 e. The molecular weight excluding hydrogens is 226 g/mol. The summed E-state index contributed by atoms with van der Waals surface area (Å²) in [7, 11) is 2.21. The molecule has 0 amide bonds. The molecule has 1 fully saturated rings. The summed E-state index contributed by atoms with van der Waals surface area (Å²) < 4.78 is 0. The summed E-state index contributed by atoms with van der Waals surface area (Å²) in [6, 6.07) is 0.859. The van der Waals surface area contributed by atoms with Gasteiger partial charge in [-0.15, -0.1) is 0 Å². The van der Waals surface area contributed by atoms with Crippen molar-refractivity contribution in [2.45, 2.75) is 45.2 Å². The number of likely N-dealkylation sites (N-methyl/N-ethyl adjacent to an activating group) is 1. The van der Waals surface area contributed by atoms with Crippen LogP contribution in [0.5, 0.6) is 0 Å². The lowest BCUT2D eigenvalue weighted by Gasteiger charge is -2.33. The monoisotopic (exact) mass is 257 g/mol. The number of hydrogen-bond donors (Lipinski definition) is 2. The van der Waals surface area contributed by atoms with Crippen LogP contribution < -0.4 is 5.32 Å². The number of aliphatic hydroxyl groups excluding tert-OH is 1. The third kappa shape index (κ3) is 5.22. The molecule has 0 bridgehead atoms. The number of nitrogens with zero attached hydrogens (tertiary/aromatic N) is 2. The summed E-state index contributed by atoms with van der Waals surface area (Å²) in [5.41, 5.74) is 0. The van der Waals surface area contributed by atoms with Crippen molar-refractivity contribution in [1.29, 1.82) is 0 Å². The van der Waals surface area contributed by atoms with Crippen molar-refractivity contribution in [3.05, 3.63) is 0 Å². The summed E-state index contributed by atoms with van der Waals surface area (Å²) in [4.78, 5) is 4.99. The van der Waals surface area contributed by atoms with E-state index in [9.17, 15) is 5.11 Å². The molecule has 0 aliphatic carbocycles. The zero-order valence-electron chi connectivity index (χ0n) is 12.4. The van der Waals surface area contributed by atoms with E-state index in [-0.39, 0.29) is 12.6 Å². The lowest BCUT2D eigenvalue weighted by atomic mass is 10.1. The van der Waals surface area contributed by atoms with Crippen LogP contribution in [0.4, 0.5) is 0 Å². The van der Waals surface area contributed by atoms with Crippen LogP contribution in [-0.4, -0.2) is 73.4 Å². The van der Waals surface area contributed by atoms with Crippen LogP contribution in [0, 0.1) is 0 Å². The second kappa shape index (κ2) is 8.86. The van der Waals surface area contributed by atoms with Gasteiger partial charge in [-0.05, 0) is 45.9 Å². The van der Waals surface area contributed by atoms with Gasteiger partial charge in [0.05, 0.1) is 6.61 Å². The highest BCUT2D eigenvalue weighted by atomic mass is 16.3. The average molecular weight is 257 g/mol. The molecule has 4 heteroatoms. The molecule has 0 radical (unpaired) electrons. The topological polar surface area (TPSA) is 38.7 Å². The lowest BCUT2D eigenvalue weighted by molar-refractivity contribution is 0.139. The highest BCUT2D eigenvalue weighted by Gasteiger charge is 2.23. The van der Waals surface area contributed by atoms with Gasteiger partial charge >= 0.3 is 0 Å². The Bertz CT molecular complexity index is 213. The molecule has 108 valence electrons. The number of nitrogens with one attached hydrogen (secondary N) is 1. The SMILES string of the molecule is CCCNC(CO)CN1CCCN(C)CC1CC. The van der Waals surface area contributed by atoms with Crippen molar-refractivity contribution in [3.8, 4) is 0 Å². The van der Waals surface area contributed by atoms with Gasteiger partial charge in [0.15, 0.2) is 0 Å². The Morgan fingerprint density at radius 1 is 1.33 bits per heavy atom. The van der Waals surface area contributed by atoms with E-state index < -0.39 is 0 Å². The number of rotatable bonds is 7. The van der Waals surface area contributed by atoms with E-state index in [0.717, 1.165) is 32.6 Å². The lowest BCUT2D eigenvalue weighted by Crippen LogP contribution is -2.48. The summed E-state index contributed by atoms with van der Waals surface area (Å²) in [5.74, 6) is 0. The van der Waals surface area contributed by atoms with Gasteiger partial charge in [0.2, 0.25) is 0 Å². The number of aliphatic hydroxyl groups is 1. The molecular formula is C14H31N3O. The van der Waals surface area contributed by atoms with Crippen LogP contribution in [0.1, 0.15) is 33.1 Å². The van der Waals surface area contributed by atoms with E-state index in [1.54, 1.807) is 0 Å². The van der Waals surface area contributed by atoms with Crippen molar-refractivity contribution < 1.29 is 5.11 Å². The van der Waals surface area contributed by atoms with Gasteiger partial charge in [0, 0.05) is 25.2 Å². The average Bonchev–Trinajstić information content (AvgIpc) is 2.55. The Morgan fingerprint density at radius 2 is 2.11 bits per heavy atom. The summed E-state index contributed by atoms with van der Waals surface area (Å²) in [6.45, 7) is 10.2. The first-order valence-corrected chi connectivity index (χ1v) is 7.48. The summed E-state index contributed by atoms with van der Waals surface area (Å²) in [6.07, 6.45) is 3.55. The Morgan fingerprint density at radius 3 is 2.72 bits per heavy atom. The van der Waals surface area contributed by atoms with Gasteiger partial charge in [-0.25, -0.2) is 0 Å². The molecule has 1 rings (SSSR count). The molecule has 0 aromatic carbocycles. The third-order valence-electron chi connectivity index (χ3n) is 3.85. The largest absolute Gasteiger partial charge is 0.395 e. The Kier molecular flexibility index (Phi) is 7.82. The standard InChI is InChI=1S/C14H31N3O/c1-4-7-15-13(12-18)10-17-9-6-8-16(3)11-14(17)5-2/h13-15,18H,4-12H2,1-3H3. The fraction of sp³-hybridized carbons (Fsp3) is 1.00. The minimum atomic E-state index is 0.224. The smallest absolute Gasteiger partial charge is 0.0597 e. The maximum atomic E-state index is 9.46. The summed E-state index contributed by atoms with van der Waals surface area (Å²) >= 11 is 0. The third-order valence-corrected chi connectivity index (χ3v) is 3.85. The Hall–Kier alpha value is -0.160. The molecule has 0 aromatic rings. The molecule has 1 saturated heterocycles. The molecule has 4 nitrogen and oxygen atoms in total. The van der Waals surface area contributed by atoms with Crippen LogP contribution in [0.15, 0.2) is 0 Å². The van der Waals surface area contributed by atoms with Crippen molar-refractivity contribution in [1.82, 2.24) is 15.1 Å². The Labute approximate surface area is 112 Å². The van der Waals surface area contributed by atoms with Gasteiger partial charge in [0.1, 0.15) is 0 Å². The first kappa shape index (κ1) is 15.9. The molecule has 1 aliphatic heterocycles. The van der Waals surface area contributed by atoms with Crippen LogP contribution in [0.2, 0.25) is 0 Å². The molecule has 1 aliphatic rings. The maximum absolute atomic E-state index is 9.46. The van der Waals surface area contributed by atoms with Crippen molar-refractivity contribution in [3.63, 3.8) is 0 Å². The van der Waals surface area contributed by atoms with E-state index in [2.05, 4.69) is 36.0 Å². The number of hydrogen-bond acceptors (Lipinski definition) is 4. The van der Waals surface area contributed by atoms with Crippen molar-refractivity contribution in [2.24, 2.45) is 0 Å². The molecule has 2 N–H and O–H groups in total. The van der Waals surface area contributed by atoms with E-state index >= 15 is 0 Å². The fourth-order valence-corrected chi connectivity index (χ4v) is 2.74. The van der Waals surface area contributed by atoms with Crippen LogP contribution in [0.3, 0.4) is 0 Å². The van der Waals surface area contributed by atoms with Gasteiger partial charge in [-0.3, -0.25) is 4.90 Å². The minimum absolute atomic E-state index is 0.224. The van der Waals surface area contributed by atoms with Gasteiger partial charge in [-0.2, -0.15) is 0 Å². The molecule has 2 unspecified atom stereocenters. The molecule has 1 heterocycles. The van der Waals surface area contributed by atoms with Crippen LogP contribution in [0.25, 0.3) is 0 Å². The molecule has 18 heavy (non-hydrogen) atoms. The Balaban J connectivity index is 2.49. The molecule has 0 spiro atoms. The highest BCUT2D eigenvalue weighted by Crippen LogP contribution is 2.12. The quantitative estimate of drug-likeness (QED) is 0.706. The molecule has 0 aromatic heterocycles.